The predicted octanol–water partition coefficient (Wildman–Crippen LogP) is 1.71. The fourth-order valence-corrected chi connectivity index (χ4v) is 1.70. The average Bonchev–Trinajstić information content (AvgIpc) is 2.20. The number of aliphatic hydroxyl groups excluding tert-OH is 1. The first-order valence-corrected chi connectivity index (χ1v) is 5.13. The van der Waals surface area contributed by atoms with Crippen molar-refractivity contribution in [2.24, 2.45) is 0 Å². The maximum Gasteiger partial charge on any atom is 0.123 e. The van der Waals surface area contributed by atoms with Gasteiger partial charge in [0, 0.05) is 10.0 Å². The third-order valence-corrected chi connectivity index (χ3v) is 2.59. The van der Waals surface area contributed by atoms with E-state index in [0.717, 1.165) is 15.8 Å². The first-order chi connectivity index (χ1) is 6.72. The molecule has 1 rings (SSSR count). The van der Waals surface area contributed by atoms with Gasteiger partial charge in [-0.2, -0.15) is 0 Å². The molecule has 0 heterocycles. The van der Waals surface area contributed by atoms with Crippen LogP contribution < -0.4 is 10.1 Å². The number of halogens is 1. The fourth-order valence-electron chi connectivity index (χ4n) is 1.32. The van der Waals surface area contributed by atoms with E-state index in [9.17, 15) is 0 Å². The SMILES string of the molecule is CN[C@@H](CO)c1cc(Br)ccc1OC. The number of methoxy groups -OCH3 is 1. The monoisotopic (exact) mass is 259 g/mol. The summed E-state index contributed by atoms with van der Waals surface area (Å²) in [7, 11) is 3.43. The minimum absolute atomic E-state index is 0.0450. The lowest BCUT2D eigenvalue weighted by atomic mass is 10.1. The quantitative estimate of drug-likeness (QED) is 0.866. The van der Waals surface area contributed by atoms with E-state index in [1.807, 2.05) is 18.2 Å². The molecule has 0 aliphatic heterocycles. The lowest BCUT2D eigenvalue weighted by Gasteiger charge is -2.17. The Morgan fingerprint density at radius 1 is 1.57 bits per heavy atom. The van der Waals surface area contributed by atoms with Crippen LogP contribution in [-0.4, -0.2) is 25.9 Å². The summed E-state index contributed by atoms with van der Waals surface area (Å²) in [6.45, 7) is 0.0450. The Bertz CT molecular complexity index is 300. The smallest absolute Gasteiger partial charge is 0.123 e. The zero-order valence-electron chi connectivity index (χ0n) is 8.25. The van der Waals surface area contributed by atoms with Gasteiger partial charge < -0.3 is 15.2 Å². The molecule has 0 fully saturated rings. The summed E-state index contributed by atoms with van der Waals surface area (Å²) in [6.07, 6.45) is 0. The van der Waals surface area contributed by atoms with Gasteiger partial charge in [-0.1, -0.05) is 15.9 Å². The Balaban J connectivity index is 3.08. The van der Waals surface area contributed by atoms with Crippen molar-refractivity contribution in [2.45, 2.75) is 6.04 Å². The van der Waals surface area contributed by atoms with Gasteiger partial charge in [0.1, 0.15) is 5.75 Å². The number of benzene rings is 1. The Labute approximate surface area is 92.2 Å². The van der Waals surface area contributed by atoms with Crippen LogP contribution in [0.15, 0.2) is 22.7 Å². The molecule has 14 heavy (non-hydrogen) atoms. The highest BCUT2D eigenvalue weighted by molar-refractivity contribution is 9.10. The highest BCUT2D eigenvalue weighted by Crippen LogP contribution is 2.27. The summed E-state index contributed by atoms with van der Waals surface area (Å²) in [4.78, 5) is 0. The molecule has 2 N–H and O–H groups in total. The van der Waals surface area contributed by atoms with Crippen LogP contribution in [0.4, 0.5) is 0 Å². The van der Waals surface area contributed by atoms with Crippen molar-refractivity contribution in [3.8, 4) is 5.75 Å². The number of likely N-dealkylation sites (N-methyl/N-ethyl adjacent to an activating group) is 1. The molecule has 0 spiro atoms. The van der Waals surface area contributed by atoms with Gasteiger partial charge in [-0.3, -0.25) is 0 Å². The Kier molecular flexibility index (Phi) is 4.38. The molecule has 0 amide bonds. The number of aliphatic hydroxyl groups is 1. The Morgan fingerprint density at radius 2 is 2.29 bits per heavy atom. The summed E-state index contributed by atoms with van der Waals surface area (Å²) < 4.78 is 6.19. The first kappa shape index (κ1) is 11.5. The molecule has 0 saturated carbocycles. The first-order valence-electron chi connectivity index (χ1n) is 4.34. The van der Waals surface area contributed by atoms with Crippen LogP contribution in [-0.2, 0) is 0 Å². The minimum atomic E-state index is -0.0950. The van der Waals surface area contributed by atoms with Gasteiger partial charge in [0.05, 0.1) is 19.8 Å². The van der Waals surface area contributed by atoms with Gasteiger partial charge in [0.25, 0.3) is 0 Å². The second-order valence-corrected chi connectivity index (χ2v) is 3.83. The van der Waals surface area contributed by atoms with Crippen LogP contribution in [0, 0.1) is 0 Å². The number of nitrogens with one attached hydrogen (secondary N) is 1. The van der Waals surface area contributed by atoms with Crippen LogP contribution in [0.5, 0.6) is 5.75 Å². The van der Waals surface area contributed by atoms with Crippen molar-refractivity contribution in [1.82, 2.24) is 5.32 Å². The van der Waals surface area contributed by atoms with E-state index in [2.05, 4.69) is 21.2 Å². The standard InChI is InChI=1S/C10H14BrNO2/c1-12-9(6-13)8-5-7(11)3-4-10(8)14-2/h3-5,9,12-13H,6H2,1-2H3/t9-/m0/s1. The molecular weight excluding hydrogens is 246 g/mol. The summed E-state index contributed by atoms with van der Waals surface area (Å²) in [5.41, 5.74) is 0.951. The van der Waals surface area contributed by atoms with Crippen molar-refractivity contribution < 1.29 is 9.84 Å². The summed E-state index contributed by atoms with van der Waals surface area (Å²) >= 11 is 3.39. The maximum atomic E-state index is 9.16. The molecule has 78 valence electrons. The van der Waals surface area contributed by atoms with Crippen LogP contribution >= 0.6 is 15.9 Å². The van der Waals surface area contributed by atoms with E-state index < -0.39 is 0 Å². The second kappa shape index (κ2) is 5.34. The van der Waals surface area contributed by atoms with Crippen LogP contribution in [0.25, 0.3) is 0 Å². The molecule has 1 atom stereocenters. The molecule has 0 aromatic heterocycles. The fraction of sp³-hybridized carbons (Fsp3) is 0.400. The van der Waals surface area contributed by atoms with Crippen molar-refractivity contribution in [2.75, 3.05) is 20.8 Å². The van der Waals surface area contributed by atoms with Crippen molar-refractivity contribution >= 4 is 15.9 Å². The summed E-state index contributed by atoms with van der Waals surface area (Å²) in [5.74, 6) is 0.779. The molecule has 4 heteroatoms. The largest absolute Gasteiger partial charge is 0.496 e. The van der Waals surface area contributed by atoms with Crippen LogP contribution in [0.3, 0.4) is 0 Å². The molecule has 0 aliphatic carbocycles. The van der Waals surface area contributed by atoms with Crippen molar-refractivity contribution in [3.05, 3.63) is 28.2 Å². The van der Waals surface area contributed by atoms with Crippen LogP contribution in [0.2, 0.25) is 0 Å². The molecular formula is C10H14BrNO2. The van der Waals surface area contributed by atoms with Gasteiger partial charge in [-0.15, -0.1) is 0 Å². The minimum Gasteiger partial charge on any atom is -0.496 e. The van der Waals surface area contributed by atoms with Gasteiger partial charge >= 0.3 is 0 Å². The Morgan fingerprint density at radius 3 is 2.79 bits per heavy atom. The molecule has 0 aliphatic rings. The molecule has 1 aromatic carbocycles. The molecule has 1 aromatic rings. The molecule has 0 unspecified atom stereocenters. The summed E-state index contributed by atoms with van der Waals surface area (Å²) in [6, 6.07) is 5.63. The highest BCUT2D eigenvalue weighted by Gasteiger charge is 2.13. The second-order valence-electron chi connectivity index (χ2n) is 2.91. The molecule has 0 saturated heterocycles. The number of hydrogen-bond acceptors (Lipinski definition) is 3. The molecule has 3 nitrogen and oxygen atoms in total. The zero-order valence-corrected chi connectivity index (χ0v) is 9.84. The van der Waals surface area contributed by atoms with Gasteiger partial charge in [-0.05, 0) is 25.2 Å². The molecule has 0 radical (unpaired) electrons. The Hall–Kier alpha value is -0.580. The van der Waals surface area contributed by atoms with Gasteiger partial charge in [0.15, 0.2) is 0 Å². The van der Waals surface area contributed by atoms with E-state index in [1.165, 1.54) is 0 Å². The zero-order chi connectivity index (χ0) is 10.6. The van der Waals surface area contributed by atoms with E-state index in [1.54, 1.807) is 14.2 Å². The van der Waals surface area contributed by atoms with Crippen LogP contribution in [0.1, 0.15) is 11.6 Å². The van der Waals surface area contributed by atoms with E-state index >= 15 is 0 Å². The molecule has 0 bridgehead atoms. The average molecular weight is 260 g/mol. The number of ether oxygens (including phenoxy) is 1. The van der Waals surface area contributed by atoms with Gasteiger partial charge in [-0.25, -0.2) is 0 Å². The third kappa shape index (κ3) is 2.47. The van der Waals surface area contributed by atoms with Crippen molar-refractivity contribution in [3.63, 3.8) is 0 Å². The lowest BCUT2D eigenvalue weighted by molar-refractivity contribution is 0.247. The van der Waals surface area contributed by atoms with Crippen molar-refractivity contribution in [1.29, 1.82) is 0 Å². The normalized spacial score (nSPS) is 12.6. The highest BCUT2D eigenvalue weighted by atomic mass is 79.9. The van der Waals surface area contributed by atoms with E-state index in [4.69, 9.17) is 9.84 Å². The maximum absolute atomic E-state index is 9.16. The predicted molar refractivity (Wildman–Crippen MR) is 59.6 cm³/mol. The lowest BCUT2D eigenvalue weighted by Crippen LogP contribution is -2.20. The van der Waals surface area contributed by atoms with E-state index in [0.29, 0.717) is 0 Å². The summed E-state index contributed by atoms with van der Waals surface area (Å²) in [5, 5.41) is 12.2. The topological polar surface area (TPSA) is 41.5 Å². The van der Waals surface area contributed by atoms with Gasteiger partial charge in [0.2, 0.25) is 0 Å². The van der Waals surface area contributed by atoms with E-state index in [-0.39, 0.29) is 12.6 Å². The number of rotatable bonds is 4. The number of hydrogen-bond donors (Lipinski definition) is 2. The third-order valence-electron chi connectivity index (χ3n) is 2.10.